The van der Waals surface area contributed by atoms with Gasteiger partial charge >= 0.3 is 0 Å². The second-order valence-electron chi connectivity index (χ2n) is 2.90. The molecule has 0 radical (unpaired) electrons. The molecule has 0 bridgehead atoms. The highest BCUT2D eigenvalue weighted by molar-refractivity contribution is 5.79. The molecule has 0 aliphatic heterocycles. The number of aromatic nitrogens is 1. The SMILES string of the molecule is COc1ccc2cccc(=O)nc2c1. The molecule has 0 amide bonds. The van der Waals surface area contributed by atoms with Crippen LogP contribution >= 0.6 is 0 Å². The van der Waals surface area contributed by atoms with Crippen LogP contribution in [0.1, 0.15) is 0 Å². The molecule has 14 heavy (non-hydrogen) atoms. The van der Waals surface area contributed by atoms with Crippen molar-refractivity contribution in [1.29, 1.82) is 0 Å². The van der Waals surface area contributed by atoms with Crippen molar-refractivity contribution in [2.45, 2.75) is 0 Å². The number of fused-ring (bicyclic) bond motifs is 1. The number of nitrogens with zero attached hydrogens (tertiary/aromatic N) is 1. The molecule has 0 aliphatic rings. The first-order valence-corrected chi connectivity index (χ1v) is 4.25. The minimum Gasteiger partial charge on any atom is -0.497 e. The van der Waals surface area contributed by atoms with Crippen molar-refractivity contribution < 1.29 is 4.74 Å². The van der Waals surface area contributed by atoms with Crippen molar-refractivity contribution in [2.75, 3.05) is 7.11 Å². The fourth-order valence-corrected chi connectivity index (χ4v) is 1.28. The Kier molecular flexibility index (Phi) is 2.14. The molecule has 2 rings (SSSR count). The van der Waals surface area contributed by atoms with Gasteiger partial charge in [0.15, 0.2) is 0 Å². The van der Waals surface area contributed by atoms with Gasteiger partial charge in [-0.15, -0.1) is 0 Å². The molecular formula is C11H9NO2. The average molecular weight is 187 g/mol. The van der Waals surface area contributed by atoms with Crippen LogP contribution in [0.5, 0.6) is 5.75 Å². The summed E-state index contributed by atoms with van der Waals surface area (Å²) in [7, 11) is 1.59. The minimum absolute atomic E-state index is 0.242. The highest BCUT2D eigenvalue weighted by Gasteiger charge is 1.95. The Morgan fingerprint density at radius 1 is 1.21 bits per heavy atom. The van der Waals surface area contributed by atoms with Gasteiger partial charge in [0.2, 0.25) is 0 Å². The summed E-state index contributed by atoms with van der Waals surface area (Å²) in [6.45, 7) is 0. The lowest BCUT2D eigenvalue weighted by Crippen LogP contribution is -1.98. The molecule has 0 aliphatic carbocycles. The van der Waals surface area contributed by atoms with E-state index in [1.54, 1.807) is 19.2 Å². The topological polar surface area (TPSA) is 39.2 Å². The molecule has 1 heterocycles. The Bertz CT molecular complexity index is 523. The maximum Gasteiger partial charge on any atom is 0.270 e. The van der Waals surface area contributed by atoms with Gasteiger partial charge in [-0.2, -0.15) is 0 Å². The summed E-state index contributed by atoms with van der Waals surface area (Å²) in [5, 5.41) is 0.924. The molecule has 0 saturated heterocycles. The predicted octanol–water partition coefficient (Wildman–Crippen LogP) is 1.60. The Morgan fingerprint density at radius 2 is 2.07 bits per heavy atom. The molecular weight excluding hydrogens is 178 g/mol. The first kappa shape index (κ1) is 8.69. The number of hydrogen-bond acceptors (Lipinski definition) is 3. The quantitative estimate of drug-likeness (QED) is 0.680. The lowest BCUT2D eigenvalue weighted by atomic mass is 10.2. The third-order valence-corrected chi connectivity index (χ3v) is 1.98. The van der Waals surface area contributed by atoms with Gasteiger partial charge in [-0.05, 0) is 12.1 Å². The summed E-state index contributed by atoms with van der Waals surface area (Å²) in [6.07, 6.45) is 0. The molecule has 1 aromatic carbocycles. The number of methoxy groups -OCH3 is 1. The summed E-state index contributed by atoms with van der Waals surface area (Å²) in [5.41, 5.74) is 0.410. The van der Waals surface area contributed by atoms with E-state index in [9.17, 15) is 4.79 Å². The minimum atomic E-state index is -0.242. The molecule has 0 N–H and O–H groups in total. The van der Waals surface area contributed by atoms with Gasteiger partial charge in [0.1, 0.15) is 5.75 Å². The van der Waals surface area contributed by atoms with Crippen LogP contribution in [0.15, 0.2) is 41.2 Å². The first-order chi connectivity index (χ1) is 6.79. The normalized spacial score (nSPS) is 10.1. The molecule has 0 spiro atoms. The Balaban J connectivity index is 2.81. The molecule has 3 heteroatoms. The lowest BCUT2D eigenvalue weighted by Gasteiger charge is -1.98. The fourth-order valence-electron chi connectivity index (χ4n) is 1.28. The molecule has 0 unspecified atom stereocenters. The van der Waals surface area contributed by atoms with Crippen LogP contribution in [0.4, 0.5) is 0 Å². The number of hydrogen-bond donors (Lipinski definition) is 0. The second kappa shape index (κ2) is 3.46. The molecule has 1 aromatic heterocycles. The number of rotatable bonds is 1. The van der Waals surface area contributed by atoms with Gasteiger partial charge in [0, 0.05) is 17.5 Å². The number of ether oxygens (including phenoxy) is 1. The molecule has 3 nitrogen and oxygen atoms in total. The maximum atomic E-state index is 11.1. The molecule has 0 fully saturated rings. The molecule has 0 atom stereocenters. The van der Waals surface area contributed by atoms with E-state index < -0.39 is 0 Å². The zero-order valence-electron chi connectivity index (χ0n) is 7.73. The Labute approximate surface area is 81.0 Å². The van der Waals surface area contributed by atoms with Crippen LogP contribution in [-0.2, 0) is 0 Å². The average Bonchev–Trinajstić information content (AvgIpc) is 2.37. The van der Waals surface area contributed by atoms with Gasteiger partial charge in [0.05, 0.1) is 12.6 Å². The monoisotopic (exact) mass is 187 g/mol. The van der Waals surface area contributed by atoms with Crippen molar-refractivity contribution in [3.63, 3.8) is 0 Å². The zero-order chi connectivity index (χ0) is 9.97. The van der Waals surface area contributed by atoms with Gasteiger partial charge in [-0.1, -0.05) is 12.1 Å². The largest absolute Gasteiger partial charge is 0.497 e. The van der Waals surface area contributed by atoms with E-state index in [4.69, 9.17) is 4.74 Å². The summed E-state index contributed by atoms with van der Waals surface area (Å²) in [5.74, 6) is 0.704. The van der Waals surface area contributed by atoms with Crippen LogP contribution in [-0.4, -0.2) is 12.1 Å². The Hall–Kier alpha value is -1.90. The first-order valence-electron chi connectivity index (χ1n) is 4.25. The molecule has 0 saturated carbocycles. The predicted molar refractivity (Wildman–Crippen MR) is 54.6 cm³/mol. The van der Waals surface area contributed by atoms with E-state index in [1.165, 1.54) is 6.07 Å². The van der Waals surface area contributed by atoms with Crippen LogP contribution in [0, 0.1) is 0 Å². The van der Waals surface area contributed by atoms with E-state index in [0.717, 1.165) is 5.39 Å². The van der Waals surface area contributed by atoms with Crippen molar-refractivity contribution in [1.82, 2.24) is 4.98 Å². The molecule has 2 aromatic rings. The van der Waals surface area contributed by atoms with E-state index in [2.05, 4.69) is 4.98 Å². The maximum absolute atomic E-state index is 11.1. The number of benzene rings is 1. The van der Waals surface area contributed by atoms with Crippen molar-refractivity contribution in [3.8, 4) is 5.75 Å². The summed E-state index contributed by atoms with van der Waals surface area (Å²) in [6, 6.07) is 10.5. The van der Waals surface area contributed by atoms with E-state index in [-0.39, 0.29) is 5.56 Å². The van der Waals surface area contributed by atoms with Crippen LogP contribution in [0.2, 0.25) is 0 Å². The van der Waals surface area contributed by atoms with E-state index in [1.807, 2.05) is 18.2 Å². The van der Waals surface area contributed by atoms with Crippen LogP contribution in [0.3, 0.4) is 0 Å². The van der Waals surface area contributed by atoms with Gasteiger partial charge < -0.3 is 4.74 Å². The standard InChI is InChI=1S/C11H9NO2/c1-14-9-6-5-8-3-2-4-11(13)12-10(8)7-9/h2-7H,1H3. The van der Waals surface area contributed by atoms with Gasteiger partial charge in [-0.25, -0.2) is 4.98 Å². The smallest absolute Gasteiger partial charge is 0.270 e. The third-order valence-electron chi connectivity index (χ3n) is 1.98. The van der Waals surface area contributed by atoms with Gasteiger partial charge in [-0.3, -0.25) is 4.79 Å². The molecule has 70 valence electrons. The van der Waals surface area contributed by atoms with E-state index >= 15 is 0 Å². The van der Waals surface area contributed by atoms with Gasteiger partial charge in [0.25, 0.3) is 5.56 Å². The van der Waals surface area contributed by atoms with Crippen molar-refractivity contribution in [2.24, 2.45) is 0 Å². The summed E-state index contributed by atoms with van der Waals surface area (Å²) in [4.78, 5) is 15.0. The fraction of sp³-hybridized carbons (Fsp3) is 0.0909. The van der Waals surface area contributed by atoms with Crippen molar-refractivity contribution >= 4 is 10.9 Å². The Morgan fingerprint density at radius 3 is 2.86 bits per heavy atom. The zero-order valence-corrected chi connectivity index (χ0v) is 7.73. The van der Waals surface area contributed by atoms with E-state index in [0.29, 0.717) is 11.3 Å². The van der Waals surface area contributed by atoms with Crippen LogP contribution in [0.25, 0.3) is 10.9 Å². The lowest BCUT2D eigenvalue weighted by molar-refractivity contribution is 0.415. The summed E-state index contributed by atoms with van der Waals surface area (Å²) >= 11 is 0. The highest BCUT2D eigenvalue weighted by atomic mass is 16.5. The third kappa shape index (κ3) is 1.57. The van der Waals surface area contributed by atoms with Crippen molar-refractivity contribution in [3.05, 3.63) is 46.8 Å². The highest BCUT2D eigenvalue weighted by Crippen LogP contribution is 2.16. The second-order valence-corrected chi connectivity index (χ2v) is 2.90. The van der Waals surface area contributed by atoms with Crippen LogP contribution < -0.4 is 10.3 Å². The summed E-state index contributed by atoms with van der Waals surface area (Å²) < 4.78 is 5.05.